The quantitative estimate of drug-likeness (QED) is 0.0683. The molecule has 0 bridgehead atoms. The number of aldehydes is 2. The van der Waals surface area contributed by atoms with Crippen molar-refractivity contribution in [2.75, 3.05) is 34.2 Å². The Morgan fingerprint density at radius 1 is 1.06 bits per heavy atom. The van der Waals surface area contributed by atoms with Gasteiger partial charge in [0.25, 0.3) is 0 Å². The van der Waals surface area contributed by atoms with E-state index >= 15 is 0 Å². The topological polar surface area (TPSA) is 154 Å². The Morgan fingerprint density at radius 3 is 1.96 bits per heavy atom. The number of hydrogen-bond donors (Lipinski definition) is 4. The lowest BCUT2D eigenvalue weighted by atomic mass is 9.87. The molecule has 0 spiro atoms. The highest BCUT2D eigenvalue weighted by Gasteiger charge is 2.23. The van der Waals surface area contributed by atoms with Crippen LogP contribution in [-0.4, -0.2) is 94.8 Å². The number of carbonyl (C=O) groups excluding carboxylic acids is 6. The number of likely N-dealkylation sites (N-methyl/N-ethyl adjacent to an activating group) is 1. The summed E-state index contributed by atoms with van der Waals surface area (Å²) in [7, 11) is 5.60. The van der Waals surface area contributed by atoms with Crippen LogP contribution in [0.3, 0.4) is 0 Å². The molecule has 302 valence electrons. The molecule has 5 unspecified atom stereocenters. The van der Waals surface area contributed by atoms with Gasteiger partial charge in [0.05, 0.1) is 12.1 Å². The van der Waals surface area contributed by atoms with Crippen LogP contribution >= 0.6 is 0 Å². The van der Waals surface area contributed by atoms with Gasteiger partial charge in [-0.05, 0) is 71.5 Å². The summed E-state index contributed by atoms with van der Waals surface area (Å²) in [6.07, 6.45) is 22.4. The van der Waals surface area contributed by atoms with E-state index in [1.807, 2.05) is 39.8 Å². The summed E-state index contributed by atoms with van der Waals surface area (Å²) in [4.78, 5) is 63.6. The summed E-state index contributed by atoms with van der Waals surface area (Å²) in [5, 5.41) is 10.3. The van der Waals surface area contributed by atoms with E-state index in [0.29, 0.717) is 25.2 Å². The lowest BCUT2D eigenvalue weighted by Gasteiger charge is -2.25. The fraction of sp³-hybridized carbons (Fsp3) is 0.610. The lowest BCUT2D eigenvalue weighted by Crippen LogP contribution is -2.45. The molecule has 52 heavy (non-hydrogen) atoms. The first-order valence-electron chi connectivity index (χ1n) is 18.1. The molecule has 1 aliphatic rings. The maximum atomic E-state index is 11.3. The zero-order valence-electron chi connectivity index (χ0n) is 34.7. The van der Waals surface area contributed by atoms with Gasteiger partial charge in [-0.25, -0.2) is 4.79 Å². The van der Waals surface area contributed by atoms with Crippen LogP contribution in [0.1, 0.15) is 100 Å². The molecule has 0 radical (unpaired) electrons. The molecule has 11 nitrogen and oxygen atoms in total. The van der Waals surface area contributed by atoms with Gasteiger partial charge in [-0.15, -0.1) is 32.1 Å². The van der Waals surface area contributed by atoms with Crippen LogP contribution in [0.5, 0.6) is 0 Å². The molecule has 0 saturated carbocycles. The zero-order chi connectivity index (χ0) is 42.2. The van der Waals surface area contributed by atoms with Gasteiger partial charge in [0.15, 0.2) is 6.29 Å². The van der Waals surface area contributed by atoms with E-state index in [4.69, 9.17) is 11.2 Å². The minimum absolute atomic E-state index is 0.178. The molecule has 0 aromatic carbocycles. The molecule has 0 aliphatic heterocycles. The van der Waals surface area contributed by atoms with Crippen LogP contribution in [0.4, 0.5) is 4.79 Å². The first-order chi connectivity index (χ1) is 25.0. The maximum Gasteiger partial charge on any atom is 0.315 e. The van der Waals surface area contributed by atoms with E-state index in [-0.39, 0.29) is 18.2 Å². The molecule has 0 aromatic heterocycles. The van der Waals surface area contributed by atoms with Crippen LogP contribution < -0.4 is 21.3 Å². The number of nitrogens with zero attached hydrogens (tertiary/aromatic N) is 1. The maximum absolute atomic E-state index is 11.3. The normalized spacial score (nSPS) is 16.1. The summed E-state index contributed by atoms with van der Waals surface area (Å²) in [6.45, 7) is 30.6. The van der Waals surface area contributed by atoms with Gasteiger partial charge < -0.3 is 35.8 Å². The number of allylic oxidation sites excluding steroid dienone is 4. The molecule has 5 atom stereocenters. The van der Waals surface area contributed by atoms with Gasteiger partial charge in [0, 0.05) is 26.1 Å². The van der Waals surface area contributed by atoms with Crippen molar-refractivity contribution in [1.29, 1.82) is 0 Å². The van der Waals surface area contributed by atoms with Crippen molar-refractivity contribution in [3.05, 3.63) is 50.1 Å². The van der Waals surface area contributed by atoms with E-state index in [1.54, 1.807) is 7.05 Å². The van der Waals surface area contributed by atoms with Gasteiger partial charge in [-0.1, -0.05) is 85.3 Å². The number of nitrogens with one attached hydrogen (secondary N) is 4. The third kappa shape index (κ3) is 48.0. The fourth-order valence-corrected chi connectivity index (χ4v) is 3.69. The van der Waals surface area contributed by atoms with Gasteiger partial charge in [0.2, 0.25) is 12.2 Å². The van der Waals surface area contributed by atoms with Crippen LogP contribution in [0, 0.1) is 24.2 Å². The molecule has 4 N–H and O–H groups in total. The highest BCUT2D eigenvalue weighted by atomic mass is 16.2. The highest BCUT2D eigenvalue weighted by molar-refractivity contribution is 6.27. The molecule has 3 amide bonds. The first-order valence-corrected chi connectivity index (χ1v) is 18.1. The van der Waals surface area contributed by atoms with Gasteiger partial charge >= 0.3 is 6.03 Å². The summed E-state index contributed by atoms with van der Waals surface area (Å²) in [5.74, 6) is 2.25. The third-order valence-corrected chi connectivity index (χ3v) is 6.74. The predicted octanol–water partition coefficient (Wildman–Crippen LogP) is 6.50. The zero-order valence-corrected chi connectivity index (χ0v) is 34.7. The Kier molecular flexibility index (Phi) is 68.1. The molecule has 0 saturated heterocycles. The van der Waals surface area contributed by atoms with E-state index in [9.17, 15) is 24.0 Å². The second-order valence-corrected chi connectivity index (χ2v) is 10.7. The van der Waals surface area contributed by atoms with Gasteiger partial charge in [0.1, 0.15) is 13.1 Å². The standard InChI is InChI=1S/C14H22N2O2.C8H9NO3.C7H17N.C4H9N.C3H8.C2H6.C2H4.CH2O/c1-11-7-5-3-4-6-8-12(9-11)13(10-17)16-14(18)15-2;1-2-3-4-7(9-6-11)8(12)5-10;1-5-7(3)8(4)6-2;1-3-4-5-2;1-3-2;3*1-2/h3-5,7,10-13H,6,8-9H2,1-2H3,(H2,15,16,18);1,5-7H,3-4H2,(H,9,11);7H,5-6H2,1-4H3;3,5H,1,4H2,2H3;3H2,1-2H3;1-2H3;1-2H2;1H2/b4-3-,7-5-;;;;;;;. The Balaban J connectivity index is -0.000000103. The Bertz CT molecular complexity index is 910. The third-order valence-electron chi connectivity index (χ3n) is 6.74. The Morgan fingerprint density at radius 2 is 1.62 bits per heavy atom. The average molecular weight is 736 g/mol. The number of rotatable bonds is 14. The van der Waals surface area contributed by atoms with Crippen molar-refractivity contribution in [3.63, 3.8) is 0 Å². The Hall–Kier alpha value is -4.14. The molecular formula is C41H77N5O6. The predicted molar refractivity (Wildman–Crippen MR) is 222 cm³/mol. The van der Waals surface area contributed by atoms with Crippen molar-refractivity contribution >= 4 is 37.6 Å². The number of Topliss-reactive ketones (excluding diaryl/α,β-unsaturated/α-hetero) is 1. The smallest absolute Gasteiger partial charge is 0.315 e. The van der Waals surface area contributed by atoms with E-state index in [2.05, 4.69) is 119 Å². The van der Waals surface area contributed by atoms with E-state index < -0.39 is 17.9 Å². The van der Waals surface area contributed by atoms with E-state index in [1.165, 1.54) is 12.8 Å². The van der Waals surface area contributed by atoms with Crippen molar-refractivity contribution in [2.24, 2.45) is 11.8 Å². The SMILES string of the molecule is C#CCCC(NC=O)C(=O)C=O.C=C.C=CCNC.C=O.CC.CCC.CCC(C)N(C)CC.CNC(=O)NC(C=O)C1CC/C=C\C=C/C(C)C1. The van der Waals surface area contributed by atoms with Crippen LogP contribution in [-0.2, 0) is 24.0 Å². The monoisotopic (exact) mass is 736 g/mol. The average Bonchev–Trinajstić information content (AvgIpc) is 3.29. The number of carbonyl (C=O) groups is 6. The van der Waals surface area contributed by atoms with Crippen LogP contribution in [0.15, 0.2) is 50.1 Å². The van der Waals surface area contributed by atoms with Gasteiger partial charge in [-0.3, -0.25) is 14.4 Å². The number of urea groups is 1. The Labute approximate surface area is 319 Å². The largest absolute Gasteiger partial charge is 0.348 e. The van der Waals surface area contributed by atoms with Crippen molar-refractivity contribution in [1.82, 2.24) is 26.2 Å². The van der Waals surface area contributed by atoms with Gasteiger partial charge in [-0.2, -0.15) is 0 Å². The number of amides is 3. The molecule has 11 heteroatoms. The number of hydrogen-bond acceptors (Lipinski definition) is 8. The number of ketones is 1. The summed E-state index contributed by atoms with van der Waals surface area (Å²) < 4.78 is 0. The van der Waals surface area contributed by atoms with Crippen LogP contribution in [0.25, 0.3) is 0 Å². The van der Waals surface area contributed by atoms with Crippen molar-refractivity contribution in [3.8, 4) is 12.3 Å². The van der Waals surface area contributed by atoms with Crippen molar-refractivity contribution < 1.29 is 28.8 Å². The lowest BCUT2D eigenvalue weighted by molar-refractivity contribution is -0.132. The van der Waals surface area contributed by atoms with E-state index in [0.717, 1.165) is 44.7 Å². The molecule has 1 rings (SSSR count). The number of terminal acetylenes is 1. The molecule has 0 aromatic rings. The molecule has 1 aliphatic carbocycles. The summed E-state index contributed by atoms with van der Waals surface area (Å²) >= 11 is 0. The highest BCUT2D eigenvalue weighted by Crippen LogP contribution is 2.23. The first kappa shape index (κ1) is 62.9. The summed E-state index contributed by atoms with van der Waals surface area (Å²) in [5.41, 5.74) is 0. The van der Waals surface area contributed by atoms with Crippen LogP contribution in [0.2, 0.25) is 0 Å². The second kappa shape index (κ2) is 56.2. The molecule has 0 heterocycles. The second-order valence-electron chi connectivity index (χ2n) is 10.7. The fourth-order valence-electron chi connectivity index (χ4n) is 3.69. The molecular weight excluding hydrogens is 658 g/mol. The molecule has 0 fully saturated rings. The minimum atomic E-state index is -0.768. The summed E-state index contributed by atoms with van der Waals surface area (Å²) in [6, 6.07) is -0.728. The van der Waals surface area contributed by atoms with Crippen molar-refractivity contribution in [2.45, 2.75) is 118 Å². The minimum Gasteiger partial charge on any atom is -0.348 e.